The number of hydrogen-bond acceptors (Lipinski definition) is 2. The van der Waals surface area contributed by atoms with Crippen LogP contribution in [-0.2, 0) is 0 Å². The lowest BCUT2D eigenvalue weighted by Crippen LogP contribution is -2.30. The normalized spacial score (nSPS) is 14.2. The summed E-state index contributed by atoms with van der Waals surface area (Å²) in [6.45, 7) is 5.88. The summed E-state index contributed by atoms with van der Waals surface area (Å²) in [5.41, 5.74) is 6.19. The molecule has 0 aromatic heterocycles. The molecule has 0 fully saturated rings. The highest BCUT2D eigenvalue weighted by Gasteiger charge is 2.14. The van der Waals surface area contributed by atoms with Crippen molar-refractivity contribution in [2.45, 2.75) is 27.7 Å². The van der Waals surface area contributed by atoms with Crippen molar-refractivity contribution in [2.24, 2.45) is 5.73 Å². The number of nitriles is 1. The minimum Gasteiger partial charge on any atom is -0.402 e. The smallest absolute Gasteiger partial charge is 0.136 e. The molecule has 0 aliphatic heterocycles. The number of nitrogens with two attached hydrogens (primary N) is 1. The van der Waals surface area contributed by atoms with Crippen molar-refractivity contribution in [1.82, 2.24) is 0 Å². The van der Waals surface area contributed by atoms with Crippen LogP contribution in [0.1, 0.15) is 25.0 Å². The van der Waals surface area contributed by atoms with Gasteiger partial charge in [-0.05, 0) is 38.8 Å². The molecular formula is C13H14F2N2. The van der Waals surface area contributed by atoms with E-state index in [2.05, 4.69) is 0 Å². The van der Waals surface area contributed by atoms with Gasteiger partial charge in [-0.25, -0.2) is 8.78 Å². The Kier molecular flexibility index (Phi) is 3.52. The fourth-order valence-electron chi connectivity index (χ4n) is 1.89. The fourth-order valence-corrected chi connectivity index (χ4v) is 1.89. The van der Waals surface area contributed by atoms with Gasteiger partial charge in [-0.2, -0.15) is 5.26 Å². The third-order valence-corrected chi connectivity index (χ3v) is 2.78. The Hall–Kier alpha value is -1.89. The summed E-state index contributed by atoms with van der Waals surface area (Å²) in [6.07, 6.45) is 0. The first-order chi connectivity index (χ1) is 7.82. The lowest BCUT2D eigenvalue weighted by molar-refractivity contribution is 0.567. The largest absolute Gasteiger partial charge is 0.402 e. The van der Waals surface area contributed by atoms with Crippen molar-refractivity contribution >= 4 is 11.3 Å². The fraction of sp³-hybridized carbons (Fsp3) is 0.308. The summed E-state index contributed by atoms with van der Waals surface area (Å²) in [6, 6.07) is 1.84. The van der Waals surface area contributed by atoms with E-state index in [1.165, 1.54) is 27.7 Å². The molecule has 2 nitrogen and oxygen atoms in total. The van der Waals surface area contributed by atoms with Gasteiger partial charge < -0.3 is 5.73 Å². The quantitative estimate of drug-likeness (QED) is 0.739. The Labute approximate surface area is 98.7 Å². The summed E-state index contributed by atoms with van der Waals surface area (Å²) >= 11 is 0. The molecular weight excluding hydrogens is 222 g/mol. The molecule has 0 aliphatic rings. The van der Waals surface area contributed by atoms with Crippen molar-refractivity contribution in [3.05, 3.63) is 33.2 Å². The van der Waals surface area contributed by atoms with Crippen LogP contribution in [0.25, 0.3) is 11.3 Å². The molecule has 90 valence electrons. The van der Waals surface area contributed by atoms with Gasteiger partial charge in [-0.15, -0.1) is 0 Å². The molecule has 0 heterocycles. The van der Waals surface area contributed by atoms with Crippen molar-refractivity contribution in [2.75, 3.05) is 0 Å². The van der Waals surface area contributed by atoms with Gasteiger partial charge in [-0.3, -0.25) is 0 Å². The van der Waals surface area contributed by atoms with Crippen molar-refractivity contribution < 1.29 is 8.78 Å². The van der Waals surface area contributed by atoms with Gasteiger partial charge in [0.2, 0.25) is 0 Å². The molecule has 0 aliphatic carbocycles. The van der Waals surface area contributed by atoms with Crippen molar-refractivity contribution in [1.29, 1.82) is 5.26 Å². The second-order valence-corrected chi connectivity index (χ2v) is 4.05. The first-order valence-electron chi connectivity index (χ1n) is 5.14. The Bertz CT molecular complexity index is 598. The maximum atomic E-state index is 14.1. The van der Waals surface area contributed by atoms with Crippen LogP contribution in [0.5, 0.6) is 0 Å². The predicted octanol–water partition coefficient (Wildman–Crippen LogP) is 1.36. The highest BCUT2D eigenvalue weighted by atomic mass is 19.1. The molecule has 2 N–H and O–H groups in total. The van der Waals surface area contributed by atoms with E-state index in [1.807, 2.05) is 6.07 Å². The first-order valence-corrected chi connectivity index (χ1v) is 5.14. The zero-order chi connectivity index (χ0) is 13.3. The third-order valence-electron chi connectivity index (χ3n) is 2.78. The van der Waals surface area contributed by atoms with Crippen LogP contribution < -0.4 is 16.2 Å². The Morgan fingerprint density at radius 1 is 1.06 bits per heavy atom. The van der Waals surface area contributed by atoms with E-state index in [-0.39, 0.29) is 32.8 Å². The molecule has 0 saturated carbocycles. The average molecular weight is 236 g/mol. The molecule has 0 bridgehead atoms. The maximum absolute atomic E-state index is 14.1. The average Bonchev–Trinajstić information content (AvgIpc) is 2.26. The topological polar surface area (TPSA) is 49.8 Å². The van der Waals surface area contributed by atoms with Gasteiger partial charge >= 0.3 is 0 Å². The van der Waals surface area contributed by atoms with E-state index in [4.69, 9.17) is 11.0 Å². The van der Waals surface area contributed by atoms with Crippen LogP contribution in [0.4, 0.5) is 8.78 Å². The first kappa shape index (κ1) is 13.2. The van der Waals surface area contributed by atoms with E-state index in [1.54, 1.807) is 0 Å². The van der Waals surface area contributed by atoms with E-state index in [9.17, 15) is 8.78 Å². The van der Waals surface area contributed by atoms with Crippen LogP contribution >= 0.6 is 0 Å². The summed E-state index contributed by atoms with van der Waals surface area (Å²) in [5.74, 6) is -1.14. The Balaban J connectivity index is 4.16. The van der Waals surface area contributed by atoms with E-state index in [0.29, 0.717) is 0 Å². The molecule has 0 atom stereocenters. The van der Waals surface area contributed by atoms with E-state index in [0.717, 1.165) is 0 Å². The second-order valence-electron chi connectivity index (χ2n) is 4.05. The summed E-state index contributed by atoms with van der Waals surface area (Å²) in [4.78, 5) is 0. The van der Waals surface area contributed by atoms with Crippen LogP contribution in [0.15, 0.2) is 0 Å². The van der Waals surface area contributed by atoms with Gasteiger partial charge in [0, 0.05) is 21.7 Å². The molecule has 0 radical (unpaired) electrons. The highest BCUT2D eigenvalue weighted by Crippen LogP contribution is 2.05. The van der Waals surface area contributed by atoms with Crippen LogP contribution in [0.2, 0.25) is 0 Å². The zero-order valence-electron chi connectivity index (χ0n) is 10.3. The van der Waals surface area contributed by atoms with Gasteiger partial charge in [0.25, 0.3) is 0 Å². The monoisotopic (exact) mass is 236 g/mol. The number of halogens is 2. The van der Waals surface area contributed by atoms with Gasteiger partial charge in [0.1, 0.15) is 11.6 Å². The maximum Gasteiger partial charge on any atom is 0.136 e. The van der Waals surface area contributed by atoms with E-state index >= 15 is 0 Å². The number of hydrogen-bond donors (Lipinski definition) is 1. The Morgan fingerprint density at radius 2 is 1.47 bits per heavy atom. The van der Waals surface area contributed by atoms with Crippen molar-refractivity contribution in [3.63, 3.8) is 0 Å². The van der Waals surface area contributed by atoms with Gasteiger partial charge in [0.15, 0.2) is 0 Å². The standard InChI is InChI=1S/C13H14F2N2/c1-6(5-16)10-7(2)13(15)11(9(4)17)8(3)12(10)14/h17H2,1-4H3/b10-6+,11-9-. The molecule has 0 spiro atoms. The van der Waals surface area contributed by atoms with Gasteiger partial charge in [-0.1, -0.05) is 0 Å². The summed E-state index contributed by atoms with van der Waals surface area (Å²) in [5, 5.41) is 8.92. The zero-order valence-corrected chi connectivity index (χ0v) is 10.3. The highest BCUT2D eigenvalue weighted by molar-refractivity contribution is 5.60. The van der Waals surface area contributed by atoms with Crippen molar-refractivity contribution in [3.8, 4) is 6.07 Å². The summed E-state index contributed by atoms with van der Waals surface area (Å²) < 4.78 is 28.2. The molecule has 1 aromatic rings. The minimum absolute atomic E-state index is 0.0347. The van der Waals surface area contributed by atoms with Gasteiger partial charge in [0.05, 0.1) is 6.07 Å². The van der Waals surface area contributed by atoms with Crippen LogP contribution in [0, 0.1) is 36.8 Å². The molecule has 1 rings (SSSR count). The molecule has 0 unspecified atom stereocenters. The molecule has 1 aromatic carbocycles. The molecule has 17 heavy (non-hydrogen) atoms. The lowest BCUT2D eigenvalue weighted by atomic mass is 10.0. The number of rotatable bonds is 0. The van der Waals surface area contributed by atoms with Crippen LogP contribution in [0.3, 0.4) is 0 Å². The molecule has 4 heteroatoms. The molecule has 0 saturated heterocycles. The number of benzene rings is 1. The lowest BCUT2D eigenvalue weighted by Gasteiger charge is -2.08. The predicted molar refractivity (Wildman–Crippen MR) is 63.0 cm³/mol. The third kappa shape index (κ3) is 2.01. The molecule has 0 amide bonds. The van der Waals surface area contributed by atoms with Crippen LogP contribution in [-0.4, -0.2) is 0 Å². The van der Waals surface area contributed by atoms with E-state index < -0.39 is 11.6 Å². The minimum atomic E-state index is -0.581. The Morgan fingerprint density at radius 3 is 1.88 bits per heavy atom. The number of nitrogens with zero attached hydrogens (tertiary/aromatic N) is 1. The second kappa shape index (κ2) is 4.54. The summed E-state index contributed by atoms with van der Waals surface area (Å²) in [7, 11) is 0. The SMILES string of the molecule is C/C(N)=c1\c(C)c(F)/c(=C(\C)C#N)c(C)c1F.